The summed E-state index contributed by atoms with van der Waals surface area (Å²) >= 11 is 0. The number of fused-ring (bicyclic) bond motifs is 1. The Morgan fingerprint density at radius 3 is 1.50 bits per heavy atom. The highest BCUT2D eigenvalue weighted by molar-refractivity contribution is 5.89. The SMILES string of the molecule is CC.CC.CC.CC.CC(C)(C)c1ccc(O)cc1.Cc1cc2c(O)cccc2cc1O. The number of benzene rings is 3. The quantitative estimate of drug-likeness (QED) is 0.323. The molecule has 0 aliphatic carbocycles. The molecule has 32 heavy (non-hydrogen) atoms. The predicted octanol–water partition coefficient (Wildman–Crippen LogP) is 9.35. The topological polar surface area (TPSA) is 60.7 Å². The molecule has 0 bridgehead atoms. The molecule has 0 aliphatic rings. The summed E-state index contributed by atoms with van der Waals surface area (Å²) in [6, 6.07) is 16.0. The van der Waals surface area contributed by atoms with Crippen molar-refractivity contribution >= 4 is 10.8 Å². The fraction of sp³-hybridized carbons (Fsp3) is 0.448. The number of hydrogen-bond acceptors (Lipinski definition) is 3. The van der Waals surface area contributed by atoms with Crippen LogP contribution in [0.2, 0.25) is 0 Å². The molecule has 3 N–H and O–H groups in total. The van der Waals surface area contributed by atoms with E-state index in [0.717, 1.165) is 16.3 Å². The zero-order valence-corrected chi connectivity index (χ0v) is 22.5. The molecule has 0 aromatic heterocycles. The van der Waals surface area contributed by atoms with Gasteiger partial charge in [-0.25, -0.2) is 0 Å². The van der Waals surface area contributed by atoms with E-state index >= 15 is 0 Å². The first-order valence-electron chi connectivity index (χ1n) is 11.9. The van der Waals surface area contributed by atoms with Crippen molar-refractivity contribution in [1.29, 1.82) is 0 Å². The Hall–Kier alpha value is -2.68. The summed E-state index contributed by atoms with van der Waals surface area (Å²) in [4.78, 5) is 0. The molecule has 0 atom stereocenters. The first-order valence-corrected chi connectivity index (χ1v) is 11.9. The molecule has 3 rings (SSSR count). The summed E-state index contributed by atoms with van der Waals surface area (Å²) in [6.07, 6.45) is 0. The smallest absolute Gasteiger partial charge is 0.123 e. The van der Waals surface area contributed by atoms with Crippen molar-refractivity contribution in [3.05, 3.63) is 65.7 Å². The van der Waals surface area contributed by atoms with E-state index in [4.69, 9.17) is 5.11 Å². The maximum absolute atomic E-state index is 9.50. The molecular weight excluding hydrogens is 396 g/mol. The minimum absolute atomic E-state index is 0.174. The molecule has 3 aromatic rings. The van der Waals surface area contributed by atoms with Crippen LogP contribution in [0, 0.1) is 6.92 Å². The van der Waals surface area contributed by atoms with Gasteiger partial charge >= 0.3 is 0 Å². The summed E-state index contributed by atoms with van der Waals surface area (Å²) in [5, 5.41) is 29.6. The van der Waals surface area contributed by atoms with E-state index in [-0.39, 0.29) is 16.9 Å². The highest BCUT2D eigenvalue weighted by atomic mass is 16.3. The molecule has 0 saturated heterocycles. The molecule has 0 radical (unpaired) electrons. The van der Waals surface area contributed by atoms with E-state index in [2.05, 4.69) is 20.8 Å². The second-order valence-electron chi connectivity index (χ2n) is 6.93. The highest BCUT2D eigenvalue weighted by Crippen LogP contribution is 2.29. The largest absolute Gasteiger partial charge is 0.508 e. The lowest BCUT2D eigenvalue weighted by Crippen LogP contribution is -2.10. The van der Waals surface area contributed by atoms with Gasteiger partial charge in [0.15, 0.2) is 0 Å². The van der Waals surface area contributed by atoms with Gasteiger partial charge < -0.3 is 15.3 Å². The van der Waals surface area contributed by atoms with Crippen molar-refractivity contribution in [2.75, 3.05) is 0 Å². The molecule has 3 heteroatoms. The third-order valence-corrected chi connectivity index (χ3v) is 3.91. The molecule has 0 unspecified atom stereocenters. The Bertz CT molecular complexity index is 829. The fourth-order valence-electron chi connectivity index (χ4n) is 2.37. The maximum atomic E-state index is 9.50. The van der Waals surface area contributed by atoms with E-state index in [0.29, 0.717) is 5.75 Å². The average Bonchev–Trinajstić information content (AvgIpc) is 2.81. The van der Waals surface area contributed by atoms with Crippen molar-refractivity contribution in [2.24, 2.45) is 0 Å². The second kappa shape index (κ2) is 19.0. The molecule has 3 nitrogen and oxygen atoms in total. The first kappa shape index (κ1) is 33.9. The van der Waals surface area contributed by atoms with Crippen LogP contribution in [-0.4, -0.2) is 15.3 Å². The predicted molar refractivity (Wildman–Crippen MR) is 144 cm³/mol. The number of rotatable bonds is 0. The van der Waals surface area contributed by atoms with Crippen LogP contribution in [0.1, 0.15) is 87.3 Å². The molecular formula is C29H48O3. The molecule has 182 valence electrons. The summed E-state index contributed by atoms with van der Waals surface area (Å²) < 4.78 is 0. The molecule has 0 amide bonds. The van der Waals surface area contributed by atoms with E-state index in [1.54, 1.807) is 43.3 Å². The monoisotopic (exact) mass is 444 g/mol. The van der Waals surface area contributed by atoms with Gasteiger partial charge in [0.2, 0.25) is 0 Å². The molecule has 0 heterocycles. The van der Waals surface area contributed by atoms with Gasteiger partial charge in [-0.3, -0.25) is 0 Å². The van der Waals surface area contributed by atoms with Gasteiger partial charge in [-0.1, -0.05) is 100 Å². The van der Waals surface area contributed by atoms with Crippen molar-refractivity contribution in [1.82, 2.24) is 0 Å². The van der Waals surface area contributed by atoms with Gasteiger partial charge in [0.25, 0.3) is 0 Å². The van der Waals surface area contributed by atoms with Gasteiger partial charge in [0, 0.05) is 5.39 Å². The maximum Gasteiger partial charge on any atom is 0.123 e. The Balaban J connectivity index is -0.000000404. The second-order valence-corrected chi connectivity index (χ2v) is 6.93. The van der Waals surface area contributed by atoms with E-state index in [1.807, 2.05) is 73.6 Å². The fourth-order valence-corrected chi connectivity index (χ4v) is 2.37. The van der Waals surface area contributed by atoms with Crippen LogP contribution in [0.25, 0.3) is 10.8 Å². The normalized spacial score (nSPS) is 9.00. The van der Waals surface area contributed by atoms with Gasteiger partial charge in [-0.15, -0.1) is 0 Å². The summed E-state index contributed by atoms with van der Waals surface area (Å²) in [7, 11) is 0. The summed E-state index contributed by atoms with van der Waals surface area (Å²) in [5.41, 5.74) is 2.19. The minimum Gasteiger partial charge on any atom is -0.508 e. The Morgan fingerprint density at radius 1 is 0.594 bits per heavy atom. The van der Waals surface area contributed by atoms with Gasteiger partial charge in [0.05, 0.1) is 0 Å². The highest BCUT2D eigenvalue weighted by Gasteiger charge is 2.12. The van der Waals surface area contributed by atoms with Crippen molar-refractivity contribution in [3.63, 3.8) is 0 Å². The van der Waals surface area contributed by atoms with Crippen LogP contribution >= 0.6 is 0 Å². The van der Waals surface area contributed by atoms with Crippen LogP contribution in [-0.2, 0) is 5.41 Å². The van der Waals surface area contributed by atoms with Gasteiger partial charge in [-0.2, -0.15) is 0 Å². The molecule has 0 aliphatic heterocycles. The average molecular weight is 445 g/mol. The summed E-state index contributed by atoms with van der Waals surface area (Å²) in [6.45, 7) is 24.3. The third-order valence-electron chi connectivity index (χ3n) is 3.91. The Morgan fingerprint density at radius 2 is 1.06 bits per heavy atom. The van der Waals surface area contributed by atoms with Gasteiger partial charge in [-0.05, 0) is 59.2 Å². The van der Waals surface area contributed by atoms with Crippen LogP contribution in [0.4, 0.5) is 0 Å². The van der Waals surface area contributed by atoms with Crippen molar-refractivity contribution in [2.45, 2.75) is 88.5 Å². The number of phenols is 3. The lowest BCUT2D eigenvalue weighted by molar-refractivity contribution is 0.471. The van der Waals surface area contributed by atoms with Crippen LogP contribution in [0.15, 0.2) is 54.6 Å². The standard InChI is InChI=1S/C11H10O2.C10H14O.4C2H6/c1-7-5-9-8(6-11(7)13)3-2-4-10(9)12;1-10(2,3)8-4-6-9(11)7-5-8;4*1-2/h2-6,12-13H,1H3;4-7,11H,1-3H3;4*1-2H3. The summed E-state index contributed by atoms with van der Waals surface area (Å²) in [5.74, 6) is 0.844. The zero-order chi connectivity index (χ0) is 25.9. The lowest BCUT2D eigenvalue weighted by atomic mass is 9.87. The number of hydrogen-bond donors (Lipinski definition) is 3. The van der Waals surface area contributed by atoms with E-state index in [9.17, 15) is 10.2 Å². The number of phenolic OH excluding ortho intramolecular Hbond substituents is 3. The zero-order valence-electron chi connectivity index (χ0n) is 22.5. The van der Waals surface area contributed by atoms with Crippen LogP contribution < -0.4 is 0 Å². The molecule has 0 saturated carbocycles. The van der Waals surface area contributed by atoms with Crippen LogP contribution in [0.3, 0.4) is 0 Å². The van der Waals surface area contributed by atoms with E-state index < -0.39 is 0 Å². The molecule has 0 fully saturated rings. The minimum atomic E-state index is 0.174. The number of aromatic hydroxyl groups is 3. The van der Waals surface area contributed by atoms with Gasteiger partial charge in [0.1, 0.15) is 17.2 Å². The third kappa shape index (κ3) is 12.2. The molecule has 3 aromatic carbocycles. The molecule has 0 spiro atoms. The lowest BCUT2D eigenvalue weighted by Gasteiger charge is -2.18. The Kier molecular flexibility index (Phi) is 20.2. The van der Waals surface area contributed by atoms with E-state index in [1.165, 1.54) is 5.56 Å². The van der Waals surface area contributed by atoms with Crippen molar-refractivity contribution < 1.29 is 15.3 Å². The Labute approximate surface area is 197 Å². The van der Waals surface area contributed by atoms with Crippen LogP contribution in [0.5, 0.6) is 17.2 Å². The number of aryl methyl sites for hydroxylation is 1. The van der Waals surface area contributed by atoms with Crippen molar-refractivity contribution in [3.8, 4) is 17.2 Å². The first-order chi connectivity index (χ1) is 15.2.